The highest BCUT2D eigenvalue weighted by atomic mass is 16.4. The summed E-state index contributed by atoms with van der Waals surface area (Å²) in [6.07, 6.45) is 1.14. The van der Waals surface area contributed by atoms with Gasteiger partial charge in [0.05, 0.1) is 12.0 Å². The zero-order chi connectivity index (χ0) is 16.8. The van der Waals surface area contributed by atoms with Gasteiger partial charge in [-0.1, -0.05) is 37.3 Å². The smallest absolute Gasteiger partial charge is 0.305 e. The fourth-order valence-corrected chi connectivity index (χ4v) is 2.79. The Bertz CT molecular complexity index is 646. The average Bonchev–Trinajstić information content (AvgIpc) is 2.54. The van der Waals surface area contributed by atoms with Gasteiger partial charge in [0.15, 0.2) is 5.78 Å². The first-order valence-corrected chi connectivity index (χ1v) is 7.78. The maximum absolute atomic E-state index is 12.5. The van der Waals surface area contributed by atoms with Gasteiger partial charge in [-0.3, -0.25) is 14.6 Å². The molecule has 122 valence electrons. The number of nitrogens with zero attached hydrogens (tertiary/aromatic N) is 1. The third kappa shape index (κ3) is 4.28. The molecule has 1 saturated carbocycles. The van der Waals surface area contributed by atoms with Gasteiger partial charge in [0, 0.05) is 25.1 Å². The summed E-state index contributed by atoms with van der Waals surface area (Å²) in [6, 6.07) is 9.72. The van der Waals surface area contributed by atoms with Crippen molar-refractivity contribution in [3.63, 3.8) is 0 Å². The van der Waals surface area contributed by atoms with E-state index < -0.39 is 5.97 Å². The van der Waals surface area contributed by atoms with Crippen molar-refractivity contribution >= 4 is 17.5 Å². The summed E-state index contributed by atoms with van der Waals surface area (Å²) >= 11 is 0. The standard InChI is InChI=1S/C18H21NO4/c1-2-15(20)18-14(19-9-8-17(22)23)10-13(11-16(18)21)12-6-4-3-5-7-12/h3-7,13,20H,2,8-11H2,1H3,(H,22,23)/t13-/m1/s1. The molecule has 0 amide bonds. The van der Waals surface area contributed by atoms with Crippen LogP contribution in [0.4, 0.5) is 0 Å². The molecule has 0 saturated heterocycles. The van der Waals surface area contributed by atoms with E-state index in [1.54, 1.807) is 6.92 Å². The Morgan fingerprint density at radius 2 is 1.91 bits per heavy atom. The lowest BCUT2D eigenvalue weighted by atomic mass is 9.79. The van der Waals surface area contributed by atoms with Crippen molar-refractivity contribution in [1.29, 1.82) is 0 Å². The van der Waals surface area contributed by atoms with Crippen LogP contribution in [0, 0.1) is 0 Å². The predicted octanol–water partition coefficient (Wildman–Crippen LogP) is 3.27. The quantitative estimate of drug-likeness (QED) is 0.645. The minimum atomic E-state index is -0.929. The minimum absolute atomic E-state index is 0.0145. The maximum atomic E-state index is 12.5. The number of aliphatic hydroxyl groups is 1. The van der Waals surface area contributed by atoms with Crippen LogP contribution >= 0.6 is 0 Å². The topological polar surface area (TPSA) is 87.0 Å². The van der Waals surface area contributed by atoms with Crippen molar-refractivity contribution in [3.05, 3.63) is 47.2 Å². The number of aliphatic imine (C=N–C) groups is 1. The lowest BCUT2D eigenvalue weighted by Gasteiger charge is -2.25. The summed E-state index contributed by atoms with van der Waals surface area (Å²) in [5.74, 6) is -1.00. The van der Waals surface area contributed by atoms with Crippen LogP contribution < -0.4 is 0 Å². The maximum Gasteiger partial charge on any atom is 0.305 e. The molecular weight excluding hydrogens is 294 g/mol. The molecule has 0 aromatic heterocycles. The van der Waals surface area contributed by atoms with E-state index in [-0.39, 0.29) is 36.0 Å². The SMILES string of the molecule is CCC(O)=C1C(=O)C[C@H](c2ccccc2)CC1=NCCC(=O)O. The van der Waals surface area contributed by atoms with Gasteiger partial charge in [0.1, 0.15) is 5.76 Å². The number of carbonyl (C=O) groups is 2. The molecule has 0 radical (unpaired) electrons. The van der Waals surface area contributed by atoms with Gasteiger partial charge in [-0.2, -0.15) is 0 Å². The summed E-state index contributed by atoms with van der Waals surface area (Å²) in [7, 11) is 0. The zero-order valence-electron chi connectivity index (χ0n) is 13.2. The van der Waals surface area contributed by atoms with Gasteiger partial charge in [-0.25, -0.2) is 0 Å². The average molecular weight is 315 g/mol. The van der Waals surface area contributed by atoms with Crippen molar-refractivity contribution in [2.75, 3.05) is 6.54 Å². The molecule has 0 heterocycles. The van der Waals surface area contributed by atoms with E-state index >= 15 is 0 Å². The number of Topliss-reactive ketones (excluding diaryl/α,β-unsaturated/α-hetero) is 1. The van der Waals surface area contributed by atoms with Crippen LogP contribution in [0.25, 0.3) is 0 Å². The van der Waals surface area contributed by atoms with Crippen molar-refractivity contribution in [3.8, 4) is 0 Å². The number of carboxylic acid groups (broad SMARTS) is 1. The van der Waals surface area contributed by atoms with Crippen molar-refractivity contribution in [1.82, 2.24) is 0 Å². The van der Waals surface area contributed by atoms with Crippen LogP contribution in [0.1, 0.15) is 44.1 Å². The summed E-state index contributed by atoms with van der Waals surface area (Å²) in [5.41, 5.74) is 1.86. The molecule has 2 N–H and O–H groups in total. The van der Waals surface area contributed by atoms with E-state index in [2.05, 4.69) is 4.99 Å². The van der Waals surface area contributed by atoms with E-state index in [1.807, 2.05) is 30.3 Å². The molecule has 0 bridgehead atoms. The Balaban J connectivity index is 2.30. The second-order valence-electron chi connectivity index (χ2n) is 5.59. The number of rotatable bonds is 5. The number of hydrogen-bond acceptors (Lipinski definition) is 4. The van der Waals surface area contributed by atoms with E-state index in [4.69, 9.17) is 5.11 Å². The molecule has 0 unspecified atom stereocenters. The van der Waals surface area contributed by atoms with Crippen LogP contribution in [0.3, 0.4) is 0 Å². The lowest BCUT2D eigenvalue weighted by Crippen LogP contribution is -2.27. The second-order valence-corrected chi connectivity index (χ2v) is 5.59. The number of carbonyl (C=O) groups excluding carboxylic acids is 1. The van der Waals surface area contributed by atoms with E-state index in [0.717, 1.165) is 5.56 Å². The van der Waals surface area contributed by atoms with Gasteiger partial charge < -0.3 is 10.2 Å². The Morgan fingerprint density at radius 3 is 2.52 bits per heavy atom. The van der Waals surface area contributed by atoms with E-state index in [0.29, 0.717) is 25.0 Å². The molecule has 1 aromatic rings. The summed E-state index contributed by atoms with van der Waals surface area (Å²) in [5, 5.41) is 18.8. The normalized spacial score (nSPS) is 22.2. The van der Waals surface area contributed by atoms with Crippen molar-refractivity contribution in [2.24, 2.45) is 4.99 Å². The first kappa shape index (κ1) is 16.9. The lowest BCUT2D eigenvalue weighted by molar-refractivity contribution is -0.136. The molecule has 1 fully saturated rings. The summed E-state index contributed by atoms with van der Waals surface area (Å²) in [6.45, 7) is 1.88. The zero-order valence-corrected chi connectivity index (χ0v) is 13.2. The molecule has 1 aliphatic carbocycles. The number of aliphatic hydroxyl groups excluding tert-OH is 1. The van der Waals surface area contributed by atoms with Crippen LogP contribution in [0.2, 0.25) is 0 Å². The largest absolute Gasteiger partial charge is 0.512 e. The van der Waals surface area contributed by atoms with Crippen LogP contribution in [0.5, 0.6) is 0 Å². The highest BCUT2D eigenvalue weighted by Gasteiger charge is 2.31. The molecule has 1 aliphatic rings. The van der Waals surface area contributed by atoms with Gasteiger partial charge in [-0.15, -0.1) is 0 Å². The minimum Gasteiger partial charge on any atom is -0.512 e. The van der Waals surface area contributed by atoms with Crippen molar-refractivity contribution in [2.45, 2.75) is 38.5 Å². The van der Waals surface area contributed by atoms with E-state index in [9.17, 15) is 14.7 Å². The Morgan fingerprint density at radius 1 is 1.22 bits per heavy atom. The van der Waals surface area contributed by atoms with Gasteiger partial charge in [-0.05, 0) is 17.9 Å². The third-order valence-corrected chi connectivity index (χ3v) is 3.96. The number of allylic oxidation sites excluding steroid dienone is 2. The third-order valence-electron chi connectivity index (χ3n) is 3.96. The fraction of sp³-hybridized carbons (Fsp3) is 0.389. The van der Waals surface area contributed by atoms with Crippen LogP contribution in [0.15, 0.2) is 46.7 Å². The number of aliphatic carboxylic acids is 1. The predicted molar refractivity (Wildman–Crippen MR) is 87.9 cm³/mol. The molecule has 1 aromatic carbocycles. The van der Waals surface area contributed by atoms with E-state index in [1.165, 1.54) is 0 Å². The fourth-order valence-electron chi connectivity index (χ4n) is 2.79. The molecule has 23 heavy (non-hydrogen) atoms. The van der Waals surface area contributed by atoms with Crippen LogP contribution in [-0.2, 0) is 9.59 Å². The highest BCUT2D eigenvalue weighted by molar-refractivity contribution is 6.24. The van der Waals surface area contributed by atoms with Gasteiger partial charge >= 0.3 is 5.97 Å². The first-order chi connectivity index (χ1) is 11.0. The number of carboxylic acids is 1. The molecule has 2 rings (SSSR count). The highest BCUT2D eigenvalue weighted by Crippen LogP contribution is 2.33. The molecule has 0 aliphatic heterocycles. The van der Waals surface area contributed by atoms with Crippen molar-refractivity contribution < 1.29 is 19.8 Å². The number of benzene rings is 1. The Kier molecular flexibility index (Phi) is 5.68. The second kappa shape index (κ2) is 7.72. The number of ketones is 1. The van der Waals surface area contributed by atoms with Gasteiger partial charge in [0.25, 0.3) is 0 Å². The summed E-state index contributed by atoms with van der Waals surface area (Å²) < 4.78 is 0. The molecule has 1 atom stereocenters. The van der Waals surface area contributed by atoms with Crippen LogP contribution in [-0.4, -0.2) is 34.2 Å². The summed E-state index contributed by atoms with van der Waals surface area (Å²) in [4.78, 5) is 27.4. The molecule has 0 spiro atoms. The first-order valence-electron chi connectivity index (χ1n) is 7.78. The molecular formula is C18H21NO4. The molecule has 5 heteroatoms. The molecule has 5 nitrogen and oxygen atoms in total. The Labute approximate surface area is 135 Å². The number of hydrogen-bond donors (Lipinski definition) is 2. The Hall–Kier alpha value is -2.43. The monoisotopic (exact) mass is 315 g/mol. The van der Waals surface area contributed by atoms with Gasteiger partial charge in [0.2, 0.25) is 0 Å².